The summed E-state index contributed by atoms with van der Waals surface area (Å²) < 4.78 is 24.5. The van der Waals surface area contributed by atoms with Crippen LogP contribution in [-0.2, 0) is 27.5 Å². The summed E-state index contributed by atoms with van der Waals surface area (Å²) in [6.45, 7) is 8.74. The zero-order valence-corrected chi connectivity index (χ0v) is 26.2. The number of benzene rings is 2. The van der Waals surface area contributed by atoms with Crippen LogP contribution in [-0.4, -0.2) is 66.4 Å². The highest BCUT2D eigenvalue weighted by Crippen LogP contribution is 2.53. The van der Waals surface area contributed by atoms with Crippen molar-refractivity contribution >= 4 is 33.0 Å². The molecule has 228 valence electrons. The Kier molecular flexibility index (Phi) is 9.69. The van der Waals surface area contributed by atoms with Crippen LogP contribution in [0.25, 0.3) is 5.57 Å². The van der Waals surface area contributed by atoms with Gasteiger partial charge in [-0.05, 0) is 50.2 Å². The van der Waals surface area contributed by atoms with Crippen molar-refractivity contribution in [1.29, 1.82) is 0 Å². The Morgan fingerprint density at radius 1 is 1.00 bits per heavy atom. The molecule has 9 nitrogen and oxygen atoms in total. The monoisotopic (exact) mass is 605 g/mol. The molecular weight excluding hydrogens is 566 g/mol. The summed E-state index contributed by atoms with van der Waals surface area (Å²) in [5.41, 5.74) is 3.41. The molecule has 0 saturated heterocycles. The fourth-order valence-electron chi connectivity index (χ4n) is 5.39. The van der Waals surface area contributed by atoms with Gasteiger partial charge in [0.2, 0.25) is 0 Å². The highest BCUT2D eigenvalue weighted by atomic mass is 32.2. The lowest BCUT2D eigenvalue weighted by molar-refractivity contribution is -0.147. The molecule has 2 aliphatic heterocycles. The smallest absolute Gasteiger partial charge is 0.356 e. The summed E-state index contributed by atoms with van der Waals surface area (Å²) in [5, 5.41) is 3.52. The lowest BCUT2D eigenvalue weighted by Crippen LogP contribution is -2.43. The Hall–Kier alpha value is -3.86. The van der Waals surface area contributed by atoms with Crippen molar-refractivity contribution < 1.29 is 28.5 Å². The predicted molar refractivity (Wildman–Crippen MR) is 168 cm³/mol. The van der Waals surface area contributed by atoms with E-state index in [-0.39, 0.29) is 25.2 Å². The van der Waals surface area contributed by atoms with E-state index in [9.17, 15) is 9.59 Å². The maximum Gasteiger partial charge on any atom is 0.356 e. The second-order valence-corrected chi connectivity index (χ2v) is 12.1. The molecule has 3 aromatic rings. The zero-order chi connectivity index (χ0) is 30.5. The number of fused-ring (bicyclic) bond motifs is 3. The maximum atomic E-state index is 13.6. The molecule has 0 aliphatic carbocycles. The van der Waals surface area contributed by atoms with Gasteiger partial charge < -0.3 is 23.5 Å². The third kappa shape index (κ3) is 6.13. The Morgan fingerprint density at radius 3 is 2.42 bits per heavy atom. The molecular formula is C33H39N3O6S. The highest BCUT2D eigenvalue weighted by molar-refractivity contribution is 8.17. The minimum absolute atomic E-state index is 0.203. The zero-order valence-electron chi connectivity index (χ0n) is 25.3. The van der Waals surface area contributed by atoms with E-state index in [1.807, 2.05) is 60.0 Å². The van der Waals surface area contributed by atoms with E-state index in [0.717, 1.165) is 44.6 Å². The first-order valence-corrected chi connectivity index (χ1v) is 15.8. The minimum atomic E-state index is -0.761. The number of carbonyl (C=O) groups excluding carboxylic acids is 2. The van der Waals surface area contributed by atoms with Gasteiger partial charge in [-0.25, -0.2) is 4.79 Å². The average molecular weight is 606 g/mol. The molecule has 3 heterocycles. The summed E-state index contributed by atoms with van der Waals surface area (Å²) in [6.07, 6.45) is 4.60. The standard InChI is InChI=1S/C33H39N3O6S/c1-6-35(7-2)21-36-19-25-24-15-16-26(32(37)42-20-22-12-10-9-11-13-22)34-31(24)43(30(25)29(36)33(38)41-8-3)23-14-17-27(39-4)28(18-23)40-5/h9-15,17-19,26,34H,6-8,16,20-21H2,1-5H3. The molecule has 2 aromatic carbocycles. The summed E-state index contributed by atoms with van der Waals surface area (Å²) in [4.78, 5) is 31.8. The lowest BCUT2D eigenvalue weighted by atomic mass is 10.0. The molecule has 0 spiro atoms. The molecule has 10 heteroatoms. The molecule has 0 fully saturated rings. The first-order chi connectivity index (χ1) is 20.9. The second-order valence-electron chi connectivity index (χ2n) is 10.2. The van der Waals surface area contributed by atoms with Crippen molar-refractivity contribution in [3.8, 4) is 11.5 Å². The fraction of sp³-hybridized carbons (Fsp3) is 0.364. The second kappa shape index (κ2) is 13.6. The number of hydrogen-bond donors (Lipinski definition) is 1. The van der Waals surface area contributed by atoms with Gasteiger partial charge in [0.1, 0.15) is 18.3 Å². The van der Waals surface area contributed by atoms with Crippen molar-refractivity contribution in [1.82, 2.24) is 14.8 Å². The van der Waals surface area contributed by atoms with Crippen LogP contribution in [0, 0.1) is 0 Å². The molecule has 0 bridgehead atoms. The molecule has 5 rings (SSSR count). The third-order valence-electron chi connectivity index (χ3n) is 7.65. The molecule has 2 unspecified atom stereocenters. The van der Waals surface area contributed by atoms with E-state index in [1.165, 1.54) is 0 Å². The van der Waals surface area contributed by atoms with Gasteiger partial charge in [0.15, 0.2) is 11.5 Å². The van der Waals surface area contributed by atoms with Gasteiger partial charge in [-0.3, -0.25) is 15.0 Å². The van der Waals surface area contributed by atoms with Gasteiger partial charge >= 0.3 is 11.9 Å². The first-order valence-electron chi connectivity index (χ1n) is 14.6. The number of ether oxygens (including phenoxy) is 4. The topological polar surface area (TPSA) is 91.3 Å². The van der Waals surface area contributed by atoms with Crippen LogP contribution in [0.5, 0.6) is 11.5 Å². The van der Waals surface area contributed by atoms with Crippen molar-refractivity contribution in [2.45, 2.75) is 56.3 Å². The van der Waals surface area contributed by atoms with Crippen LogP contribution >= 0.6 is 10.5 Å². The maximum absolute atomic E-state index is 13.6. The predicted octanol–water partition coefficient (Wildman–Crippen LogP) is 5.30. The van der Waals surface area contributed by atoms with Gasteiger partial charge in [-0.2, -0.15) is 0 Å². The summed E-state index contributed by atoms with van der Waals surface area (Å²) in [6, 6.07) is 14.9. The van der Waals surface area contributed by atoms with Gasteiger partial charge in [-0.15, -0.1) is 10.5 Å². The average Bonchev–Trinajstić information content (AvgIpc) is 3.55. The number of nitrogens with one attached hydrogen (secondary N) is 1. The molecule has 1 aromatic heterocycles. The van der Waals surface area contributed by atoms with Gasteiger partial charge in [0, 0.05) is 27.1 Å². The summed E-state index contributed by atoms with van der Waals surface area (Å²) in [5.74, 6) is 0.504. The third-order valence-corrected chi connectivity index (χ3v) is 9.95. The van der Waals surface area contributed by atoms with Gasteiger partial charge in [0.25, 0.3) is 0 Å². The van der Waals surface area contributed by atoms with Crippen LogP contribution in [0.1, 0.15) is 48.8 Å². The SMILES string of the molecule is CCOC(=O)c1c2c(cn1CN(CC)CC)C1=CCC(C(=O)OCc3ccccc3)NC1=S2c1ccc(OC)c(OC)c1. The Morgan fingerprint density at radius 2 is 1.74 bits per heavy atom. The number of aromatic nitrogens is 1. The summed E-state index contributed by atoms with van der Waals surface area (Å²) >= 11 is 0. The van der Waals surface area contributed by atoms with E-state index in [2.05, 4.69) is 36.3 Å². The largest absolute Gasteiger partial charge is 0.493 e. The Balaban J connectivity index is 1.62. The van der Waals surface area contributed by atoms with E-state index < -0.39 is 16.5 Å². The van der Waals surface area contributed by atoms with Crippen LogP contribution < -0.4 is 14.8 Å². The van der Waals surface area contributed by atoms with Crippen molar-refractivity contribution in [3.63, 3.8) is 0 Å². The van der Waals surface area contributed by atoms with E-state index >= 15 is 0 Å². The van der Waals surface area contributed by atoms with Gasteiger partial charge in [0.05, 0.1) is 32.5 Å². The minimum Gasteiger partial charge on any atom is -0.493 e. The molecule has 0 amide bonds. The number of carbonyl (C=O) groups is 2. The molecule has 0 radical (unpaired) electrons. The van der Waals surface area contributed by atoms with Crippen molar-refractivity contribution in [2.75, 3.05) is 33.9 Å². The molecule has 1 N–H and O–H groups in total. The molecule has 2 atom stereocenters. The number of esters is 2. The number of hydrogen-bond acceptors (Lipinski definition) is 8. The number of nitrogens with zero attached hydrogens (tertiary/aromatic N) is 2. The van der Waals surface area contributed by atoms with E-state index in [4.69, 9.17) is 18.9 Å². The van der Waals surface area contributed by atoms with Crippen molar-refractivity contribution in [2.24, 2.45) is 0 Å². The lowest BCUT2D eigenvalue weighted by Gasteiger charge is -2.25. The first kappa shape index (κ1) is 30.6. The van der Waals surface area contributed by atoms with Crippen LogP contribution in [0.2, 0.25) is 0 Å². The molecule has 0 saturated carbocycles. The highest BCUT2D eigenvalue weighted by Gasteiger charge is 2.39. The number of rotatable bonds is 12. The molecule has 2 aliphatic rings. The Bertz CT molecular complexity index is 1560. The quantitative estimate of drug-likeness (QED) is 0.220. The van der Waals surface area contributed by atoms with Crippen LogP contribution in [0.3, 0.4) is 0 Å². The van der Waals surface area contributed by atoms with Crippen LogP contribution in [0.4, 0.5) is 0 Å². The Labute approximate surface area is 255 Å². The summed E-state index contributed by atoms with van der Waals surface area (Å²) in [7, 11) is 2.44. The number of methoxy groups -OCH3 is 2. The molecule has 43 heavy (non-hydrogen) atoms. The normalized spacial score (nSPS) is 17.3. The van der Waals surface area contributed by atoms with Crippen LogP contribution in [0.15, 0.2) is 70.6 Å². The van der Waals surface area contributed by atoms with E-state index in [0.29, 0.717) is 30.3 Å². The van der Waals surface area contributed by atoms with Gasteiger partial charge in [-0.1, -0.05) is 50.3 Å². The van der Waals surface area contributed by atoms with E-state index in [1.54, 1.807) is 14.2 Å². The fourth-order valence-corrected chi connectivity index (χ4v) is 7.94. The van der Waals surface area contributed by atoms with Crippen molar-refractivity contribution in [3.05, 3.63) is 77.6 Å².